The van der Waals surface area contributed by atoms with Crippen LogP contribution in [-0.2, 0) is 0 Å². The van der Waals surface area contributed by atoms with E-state index in [1.54, 1.807) is 0 Å². The quantitative estimate of drug-likeness (QED) is 0.241. The molecule has 3 aromatic carbocycles. The Balaban J connectivity index is 0.000000219. The molecule has 4 rings (SSSR count). The van der Waals surface area contributed by atoms with Crippen molar-refractivity contribution in [3.63, 3.8) is 0 Å². The number of rotatable bonds is 0. The van der Waals surface area contributed by atoms with Crippen LogP contribution in [0.3, 0.4) is 0 Å². The molecular formula is C21H18Br2S2. The first-order valence-electron chi connectivity index (χ1n) is 7.91. The van der Waals surface area contributed by atoms with Crippen molar-refractivity contribution >= 4 is 55.4 Å². The average molecular weight is 494 g/mol. The van der Waals surface area contributed by atoms with Crippen LogP contribution in [0.1, 0.15) is 16.7 Å². The molecule has 128 valence electrons. The lowest BCUT2D eigenvalue weighted by molar-refractivity contribution is 1.12. The van der Waals surface area contributed by atoms with Gasteiger partial charge in [-0.3, -0.25) is 0 Å². The van der Waals surface area contributed by atoms with Gasteiger partial charge in [-0.2, -0.15) is 0 Å². The van der Waals surface area contributed by atoms with Gasteiger partial charge in [-0.05, 0) is 56.2 Å². The van der Waals surface area contributed by atoms with Gasteiger partial charge in [0, 0.05) is 28.5 Å². The smallest absolute Gasteiger partial charge is 0.0273 e. The van der Waals surface area contributed by atoms with E-state index in [4.69, 9.17) is 0 Å². The van der Waals surface area contributed by atoms with Crippen LogP contribution < -0.4 is 0 Å². The zero-order valence-corrected chi connectivity index (χ0v) is 19.1. The molecule has 0 atom stereocenters. The van der Waals surface area contributed by atoms with E-state index in [-0.39, 0.29) is 0 Å². The van der Waals surface area contributed by atoms with Crippen molar-refractivity contribution in [1.82, 2.24) is 0 Å². The lowest BCUT2D eigenvalue weighted by Crippen LogP contribution is -1.92. The maximum atomic E-state index is 3.61. The Labute approximate surface area is 175 Å². The molecule has 1 heterocycles. The first-order valence-corrected chi connectivity index (χ1v) is 11.1. The lowest BCUT2D eigenvalue weighted by Gasteiger charge is -2.20. The minimum absolute atomic E-state index is 1.19. The van der Waals surface area contributed by atoms with Crippen LogP contribution in [0.25, 0.3) is 0 Å². The number of halogens is 2. The fourth-order valence-corrected chi connectivity index (χ4v) is 5.79. The Morgan fingerprint density at radius 1 is 0.600 bits per heavy atom. The van der Waals surface area contributed by atoms with E-state index in [1.807, 2.05) is 41.7 Å². The summed E-state index contributed by atoms with van der Waals surface area (Å²) in [5.74, 6) is 0. The standard InChI is InChI=1S/C14H10Br2S2.C7H8/c1-7-3-11-13(5-9(7)15)18-12-4-8(2)10(16)6-14(12)17-11;1-7-5-3-2-4-6-7/h3-6H,1-2H3;2-6H,1H3. The topological polar surface area (TPSA) is 0 Å². The summed E-state index contributed by atoms with van der Waals surface area (Å²) in [6.45, 7) is 6.35. The SMILES string of the molecule is Cc1cc2c(cc1Br)Sc1cc(C)c(Br)cc1S2.Cc1ccccc1. The van der Waals surface area contributed by atoms with Gasteiger partial charge in [-0.25, -0.2) is 0 Å². The minimum atomic E-state index is 1.19. The van der Waals surface area contributed by atoms with Crippen molar-refractivity contribution < 1.29 is 0 Å². The second-order valence-electron chi connectivity index (χ2n) is 5.96. The Hall–Kier alpha value is -0.680. The van der Waals surface area contributed by atoms with Crippen LogP contribution >= 0.6 is 55.4 Å². The van der Waals surface area contributed by atoms with Crippen molar-refractivity contribution in [3.05, 3.63) is 80.2 Å². The molecule has 4 heteroatoms. The summed E-state index contributed by atoms with van der Waals surface area (Å²) in [6, 6.07) is 19.2. The van der Waals surface area contributed by atoms with Gasteiger partial charge < -0.3 is 0 Å². The second-order valence-corrected chi connectivity index (χ2v) is 9.83. The number of fused-ring (bicyclic) bond motifs is 2. The van der Waals surface area contributed by atoms with Crippen LogP contribution in [0.5, 0.6) is 0 Å². The fourth-order valence-electron chi connectivity index (χ4n) is 2.36. The largest absolute Gasteiger partial charge is 0.0877 e. The zero-order chi connectivity index (χ0) is 18.0. The molecule has 1 aliphatic heterocycles. The van der Waals surface area contributed by atoms with Gasteiger partial charge in [0.25, 0.3) is 0 Å². The monoisotopic (exact) mass is 492 g/mol. The predicted molar refractivity (Wildman–Crippen MR) is 117 cm³/mol. The molecule has 0 radical (unpaired) electrons. The Kier molecular flexibility index (Phi) is 6.37. The fraction of sp³-hybridized carbons (Fsp3) is 0.143. The minimum Gasteiger partial charge on any atom is -0.0877 e. The van der Waals surface area contributed by atoms with Crippen molar-refractivity contribution in [2.75, 3.05) is 0 Å². The Morgan fingerprint density at radius 2 is 1.00 bits per heavy atom. The van der Waals surface area contributed by atoms with Crippen molar-refractivity contribution in [1.29, 1.82) is 0 Å². The molecule has 25 heavy (non-hydrogen) atoms. The number of hydrogen-bond acceptors (Lipinski definition) is 2. The van der Waals surface area contributed by atoms with Gasteiger partial charge in [0.05, 0.1) is 0 Å². The molecule has 0 fully saturated rings. The number of hydrogen-bond donors (Lipinski definition) is 0. The highest BCUT2D eigenvalue weighted by Gasteiger charge is 2.19. The maximum absolute atomic E-state index is 3.61. The van der Waals surface area contributed by atoms with E-state index in [9.17, 15) is 0 Å². The summed E-state index contributed by atoms with van der Waals surface area (Å²) in [7, 11) is 0. The molecule has 0 nitrogen and oxygen atoms in total. The molecule has 0 spiro atoms. The molecule has 3 aromatic rings. The summed E-state index contributed by atoms with van der Waals surface area (Å²) >= 11 is 10.9. The van der Waals surface area contributed by atoms with Gasteiger partial charge in [0.1, 0.15) is 0 Å². The third-order valence-electron chi connectivity index (χ3n) is 3.83. The van der Waals surface area contributed by atoms with Gasteiger partial charge in [0.2, 0.25) is 0 Å². The highest BCUT2D eigenvalue weighted by atomic mass is 79.9. The third-order valence-corrected chi connectivity index (χ3v) is 8.03. The first kappa shape index (κ1) is 19.1. The van der Waals surface area contributed by atoms with E-state index >= 15 is 0 Å². The molecule has 0 saturated carbocycles. The molecule has 1 aliphatic rings. The van der Waals surface area contributed by atoms with Gasteiger partial charge in [0.15, 0.2) is 0 Å². The summed E-state index contributed by atoms with van der Waals surface area (Å²) in [5, 5.41) is 0. The first-order chi connectivity index (χ1) is 11.9. The summed E-state index contributed by atoms with van der Waals surface area (Å²) < 4.78 is 2.37. The van der Waals surface area contributed by atoms with E-state index in [0.717, 1.165) is 0 Å². The van der Waals surface area contributed by atoms with Crippen molar-refractivity contribution in [3.8, 4) is 0 Å². The summed E-state index contributed by atoms with van der Waals surface area (Å²) in [5.41, 5.74) is 3.90. The van der Waals surface area contributed by atoms with Crippen LogP contribution in [0.4, 0.5) is 0 Å². The van der Waals surface area contributed by atoms with Crippen LogP contribution in [0.2, 0.25) is 0 Å². The van der Waals surface area contributed by atoms with Crippen molar-refractivity contribution in [2.24, 2.45) is 0 Å². The van der Waals surface area contributed by atoms with Crippen LogP contribution in [0, 0.1) is 20.8 Å². The second kappa shape index (κ2) is 8.34. The predicted octanol–water partition coefficient (Wildman–Crippen LogP) is 8.44. The molecule has 0 amide bonds. The molecule has 0 aliphatic carbocycles. The molecule has 0 bridgehead atoms. The van der Waals surface area contributed by atoms with E-state index in [2.05, 4.69) is 89.0 Å². The van der Waals surface area contributed by atoms with Gasteiger partial charge in [-0.1, -0.05) is 91.3 Å². The Morgan fingerprint density at radius 3 is 1.36 bits per heavy atom. The van der Waals surface area contributed by atoms with Crippen LogP contribution in [0.15, 0.2) is 83.1 Å². The lowest BCUT2D eigenvalue weighted by atomic mass is 10.2. The van der Waals surface area contributed by atoms with Crippen molar-refractivity contribution in [2.45, 2.75) is 40.4 Å². The number of aryl methyl sites for hydroxylation is 3. The normalized spacial score (nSPS) is 11.9. The van der Waals surface area contributed by atoms with E-state index < -0.39 is 0 Å². The third kappa shape index (κ3) is 4.73. The molecule has 0 aromatic heterocycles. The van der Waals surface area contributed by atoms with Gasteiger partial charge >= 0.3 is 0 Å². The molecule has 0 unspecified atom stereocenters. The molecular weight excluding hydrogens is 476 g/mol. The number of benzene rings is 3. The van der Waals surface area contributed by atoms with Gasteiger partial charge in [-0.15, -0.1) is 0 Å². The van der Waals surface area contributed by atoms with E-state index in [1.165, 1.54) is 45.2 Å². The van der Waals surface area contributed by atoms with E-state index in [0.29, 0.717) is 0 Å². The Bertz CT molecular complexity index is 794. The molecule has 0 saturated heterocycles. The summed E-state index contributed by atoms with van der Waals surface area (Å²) in [6.07, 6.45) is 0. The van der Waals surface area contributed by atoms with Crippen LogP contribution in [-0.4, -0.2) is 0 Å². The maximum Gasteiger partial charge on any atom is 0.0273 e. The highest BCUT2D eigenvalue weighted by molar-refractivity contribution is 9.10. The summed E-state index contributed by atoms with van der Waals surface area (Å²) in [4.78, 5) is 5.38. The highest BCUT2D eigenvalue weighted by Crippen LogP contribution is 2.50. The molecule has 0 N–H and O–H groups in total. The zero-order valence-electron chi connectivity index (χ0n) is 14.3. The average Bonchev–Trinajstić information content (AvgIpc) is 2.57.